The fourth-order valence-electron chi connectivity index (χ4n) is 2.52. The van der Waals surface area contributed by atoms with Crippen molar-refractivity contribution in [3.05, 3.63) is 53.6 Å². The lowest BCUT2D eigenvalue weighted by molar-refractivity contribution is 0.0949. The van der Waals surface area contributed by atoms with Gasteiger partial charge in [-0.25, -0.2) is 0 Å². The molecule has 0 aliphatic carbocycles. The van der Waals surface area contributed by atoms with Crippen LogP contribution >= 0.6 is 0 Å². The zero-order valence-corrected chi connectivity index (χ0v) is 14.9. The summed E-state index contributed by atoms with van der Waals surface area (Å²) in [6.45, 7) is 5.64. The number of carbonyl (C=O) groups excluding carboxylic acids is 2. The Bertz CT molecular complexity index is 817. The van der Waals surface area contributed by atoms with Crippen LogP contribution in [0.3, 0.4) is 0 Å². The molecule has 2 aromatic carbocycles. The van der Waals surface area contributed by atoms with Crippen molar-refractivity contribution in [2.45, 2.75) is 13.8 Å². The lowest BCUT2D eigenvalue weighted by atomic mass is 10.1. The van der Waals surface area contributed by atoms with Crippen molar-refractivity contribution in [1.29, 1.82) is 0 Å². The van der Waals surface area contributed by atoms with Gasteiger partial charge in [0.2, 0.25) is 0 Å². The van der Waals surface area contributed by atoms with E-state index >= 15 is 0 Å². The molecule has 0 bridgehead atoms. The molecule has 0 radical (unpaired) electrons. The van der Waals surface area contributed by atoms with Crippen LogP contribution in [0.5, 0.6) is 11.5 Å². The number of carbonyl (C=O) groups is 2. The zero-order chi connectivity index (χ0) is 18.5. The lowest BCUT2D eigenvalue weighted by Crippen LogP contribution is -2.27. The van der Waals surface area contributed by atoms with E-state index in [2.05, 4.69) is 10.6 Å². The number of anilines is 1. The van der Waals surface area contributed by atoms with E-state index in [0.29, 0.717) is 54.0 Å². The summed E-state index contributed by atoms with van der Waals surface area (Å²) in [5.74, 6) is 1.16. The van der Waals surface area contributed by atoms with E-state index in [1.165, 1.54) is 0 Å². The first-order valence-corrected chi connectivity index (χ1v) is 8.62. The predicted molar refractivity (Wildman–Crippen MR) is 99.0 cm³/mol. The van der Waals surface area contributed by atoms with E-state index in [4.69, 9.17) is 9.47 Å². The Morgan fingerprint density at radius 2 is 1.65 bits per heavy atom. The average molecular weight is 354 g/mol. The van der Waals surface area contributed by atoms with E-state index in [0.717, 1.165) is 0 Å². The minimum absolute atomic E-state index is 0.187. The van der Waals surface area contributed by atoms with E-state index in [9.17, 15) is 9.59 Å². The first kappa shape index (κ1) is 17.8. The van der Waals surface area contributed by atoms with Crippen molar-refractivity contribution < 1.29 is 19.1 Å². The van der Waals surface area contributed by atoms with Gasteiger partial charge in [0.25, 0.3) is 11.8 Å². The van der Waals surface area contributed by atoms with Gasteiger partial charge in [-0.2, -0.15) is 0 Å². The molecule has 1 aliphatic rings. The highest BCUT2D eigenvalue weighted by molar-refractivity contribution is 6.06. The summed E-state index contributed by atoms with van der Waals surface area (Å²) in [6.07, 6.45) is 0. The Morgan fingerprint density at radius 1 is 0.962 bits per heavy atom. The number of ether oxygens (including phenoxy) is 2. The molecule has 1 heterocycles. The fraction of sp³-hybridized carbons (Fsp3) is 0.300. The molecule has 0 atom stereocenters. The molecule has 0 aromatic heterocycles. The summed E-state index contributed by atoms with van der Waals surface area (Å²) in [6, 6.07) is 11.9. The molecular weight excluding hydrogens is 332 g/mol. The van der Waals surface area contributed by atoms with Gasteiger partial charge in [0, 0.05) is 29.4 Å². The van der Waals surface area contributed by atoms with Crippen molar-refractivity contribution in [2.24, 2.45) is 5.92 Å². The van der Waals surface area contributed by atoms with Crippen LogP contribution in [-0.2, 0) is 0 Å². The number of hydrogen-bond acceptors (Lipinski definition) is 4. The Labute approximate surface area is 152 Å². The summed E-state index contributed by atoms with van der Waals surface area (Å²) in [5.41, 5.74) is 1.48. The maximum atomic E-state index is 12.5. The molecule has 2 N–H and O–H groups in total. The topological polar surface area (TPSA) is 76.7 Å². The van der Waals surface area contributed by atoms with Crippen LogP contribution < -0.4 is 20.1 Å². The number of amides is 2. The lowest BCUT2D eigenvalue weighted by Gasteiger charge is -2.19. The van der Waals surface area contributed by atoms with Gasteiger partial charge in [0.15, 0.2) is 11.5 Å². The molecule has 0 saturated carbocycles. The normalized spacial score (nSPS) is 12.6. The molecular formula is C20H22N2O4. The Kier molecular flexibility index (Phi) is 5.41. The maximum absolute atomic E-state index is 12.5. The highest BCUT2D eigenvalue weighted by atomic mass is 16.6. The summed E-state index contributed by atoms with van der Waals surface area (Å²) in [7, 11) is 0. The van der Waals surface area contributed by atoms with Crippen LogP contribution in [0.25, 0.3) is 0 Å². The summed E-state index contributed by atoms with van der Waals surface area (Å²) < 4.78 is 11.0. The second-order valence-corrected chi connectivity index (χ2v) is 6.50. The second kappa shape index (κ2) is 7.91. The molecule has 136 valence electrons. The van der Waals surface area contributed by atoms with Gasteiger partial charge in [0.05, 0.1) is 0 Å². The van der Waals surface area contributed by atoms with Gasteiger partial charge in [-0.05, 0) is 36.2 Å². The first-order chi connectivity index (χ1) is 12.5. The molecule has 2 amide bonds. The minimum Gasteiger partial charge on any atom is -0.486 e. The van der Waals surface area contributed by atoms with Crippen LogP contribution in [0, 0.1) is 5.92 Å². The van der Waals surface area contributed by atoms with Crippen molar-refractivity contribution in [1.82, 2.24) is 5.32 Å². The molecule has 0 unspecified atom stereocenters. The van der Waals surface area contributed by atoms with E-state index in [1.54, 1.807) is 42.5 Å². The summed E-state index contributed by atoms with van der Waals surface area (Å²) in [4.78, 5) is 24.7. The van der Waals surface area contributed by atoms with Gasteiger partial charge in [0.1, 0.15) is 13.2 Å². The first-order valence-electron chi connectivity index (χ1n) is 8.62. The monoisotopic (exact) mass is 354 g/mol. The number of hydrogen-bond donors (Lipinski definition) is 2. The quantitative estimate of drug-likeness (QED) is 0.865. The van der Waals surface area contributed by atoms with Crippen molar-refractivity contribution in [2.75, 3.05) is 25.1 Å². The van der Waals surface area contributed by atoms with Gasteiger partial charge in [-0.15, -0.1) is 0 Å². The molecule has 6 heteroatoms. The van der Waals surface area contributed by atoms with Crippen LogP contribution in [-0.4, -0.2) is 31.6 Å². The van der Waals surface area contributed by atoms with Crippen LogP contribution in [0.1, 0.15) is 34.6 Å². The SMILES string of the molecule is CC(C)CNC(=O)c1cccc(C(=O)Nc2ccc3c(c2)OCCO3)c1. The van der Waals surface area contributed by atoms with Gasteiger partial charge in [-0.1, -0.05) is 19.9 Å². The molecule has 26 heavy (non-hydrogen) atoms. The van der Waals surface area contributed by atoms with E-state index in [1.807, 2.05) is 13.8 Å². The average Bonchev–Trinajstić information content (AvgIpc) is 2.66. The van der Waals surface area contributed by atoms with Crippen LogP contribution in [0.4, 0.5) is 5.69 Å². The van der Waals surface area contributed by atoms with Crippen molar-refractivity contribution in [3.63, 3.8) is 0 Å². The molecule has 3 rings (SSSR count). The molecule has 2 aromatic rings. The highest BCUT2D eigenvalue weighted by Gasteiger charge is 2.14. The van der Waals surface area contributed by atoms with Gasteiger partial charge < -0.3 is 20.1 Å². The Balaban J connectivity index is 1.70. The largest absolute Gasteiger partial charge is 0.486 e. The van der Waals surface area contributed by atoms with Gasteiger partial charge in [-0.3, -0.25) is 9.59 Å². The van der Waals surface area contributed by atoms with Crippen LogP contribution in [0.15, 0.2) is 42.5 Å². The van der Waals surface area contributed by atoms with E-state index in [-0.39, 0.29) is 11.8 Å². The molecule has 6 nitrogen and oxygen atoms in total. The predicted octanol–water partition coefficient (Wildman–Crippen LogP) is 3.10. The Hall–Kier alpha value is -3.02. The fourth-order valence-corrected chi connectivity index (χ4v) is 2.52. The van der Waals surface area contributed by atoms with Crippen LogP contribution in [0.2, 0.25) is 0 Å². The highest BCUT2D eigenvalue weighted by Crippen LogP contribution is 2.32. The Morgan fingerprint density at radius 3 is 2.38 bits per heavy atom. The zero-order valence-electron chi connectivity index (χ0n) is 14.9. The van der Waals surface area contributed by atoms with Crippen molar-refractivity contribution in [3.8, 4) is 11.5 Å². The molecule has 1 aliphatic heterocycles. The smallest absolute Gasteiger partial charge is 0.255 e. The van der Waals surface area contributed by atoms with Crippen molar-refractivity contribution >= 4 is 17.5 Å². The third-order valence-electron chi connectivity index (χ3n) is 3.86. The molecule has 0 fully saturated rings. The number of rotatable bonds is 5. The summed E-state index contributed by atoms with van der Waals surface area (Å²) in [5, 5.41) is 5.67. The maximum Gasteiger partial charge on any atom is 0.255 e. The molecule has 0 spiro atoms. The number of fused-ring (bicyclic) bond motifs is 1. The minimum atomic E-state index is -0.291. The number of nitrogens with one attached hydrogen (secondary N) is 2. The standard InChI is InChI=1S/C20H22N2O4/c1-13(2)12-21-19(23)14-4-3-5-15(10-14)20(24)22-16-6-7-17-18(11-16)26-9-8-25-17/h3-7,10-11,13H,8-9,12H2,1-2H3,(H,21,23)(H,22,24). The van der Waals surface area contributed by atoms with Gasteiger partial charge >= 0.3 is 0 Å². The molecule has 0 saturated heterocycles. The third-order valence-corrected chi connectivity index (χ3v) is 3.86. The third kappa shape index (κ3) is 4.33. The second-order valence-electron chi connectivity index (χ2n) is 6.50. The number of benzene rings is 2. The summed E-state index contributed by atoms with van der Waals surface area (Å²) >= 11 is 0. The van der Waals surface area contributed by atoms with E-state index < -0.39 is 0 Å².